The van der Waals surface area contributed by atoms with Crippen LogP contribution in [0.4, 0.5) is 0 Å². The minimum Gasteiger partial charge on any atom is -0.349 e. The Labute approximate surface area is 70.5 Å². The first-order valence-corrected chi connectivity index (χ1v) is 4.77. The van der Waals surface area contributed by atoms with E-state index in [-0.39, 0.29) is 0 Å². The van der Waals surface area contributed by atoms with Gasteiger partial charge in [-0.15, -0.1) is 0 Å². The molecule has 2 radical (unpaired) electrons. The van der Waals surface area contributed by atoms with Gasteiger partial charge in [0.2, 0.25) is 0 Å². The first kappa shape index (κ1) is 8.49. The third-order valence-corrected chi connectivity index (χ3v) is 2.90. The van der Waals surface area contributed by atoms with Gasteiger partial charge in [-0.25, -0.2) is 0 Å². The number of rotatable bonds is 1. The van der Waals surface area contributed by atoms with Gasteiger partial charge >= 0.3 is 0 Å². The van der Waals surface area contributed by atoms with Crippen molar-refractivity contribution in [1.82, 2.24) is 0 Å². The first-order valence-electron chi connectivity index (χ1n) is 3.69. The van der Waals surface area contributed by atoms with Crippen LogP contribution in [-0.2, 0) is 0 Å². The summed E-state index contributed by atoms with van der Waals surface area (Å²) in [5.74, 6) is 0. The van der Waals surface area contributed by atoms with Gasteiger partial charge in [-0.3, -0.25) is 0 Å². The summed E-state index contributed by atoms with van der Waals surface area (Å²) >= 11 is 0. The molecular weight excluding hydrogens is 150 g/mol. The van der Waals surface area contributed by atoms with Crippen molar-refractivity contribution >= 4 is 14.9 Å². The normalized spacial score (nSPS) is 10.2. The van der Waals surface area contributed by atoms with E-state index in [2.05, 4.69) is 32.9 Å². The summed E-state index contributed by atoms with van der Waals surface area (Å²) in [6, 6.07) is 4.37. The lowest BCUT2D eigenvalue weighted by molar-refractivity contribution is 1.35. The number of benzene rings is 1. The van der Waals surface area contributed by atoms with E-state index < -0.39 is 0 Å². The van der Waals surface area contributed by atoms with Crippen molar-refractivity contribution in [2.45, 2.75) is 20.8 Å². The third kappa shape index (κ3) is 1.70. The molecule has 0 saturated heterocycles. The molecule has 0 atom stereocenters. The lowest BCUT2D eigenvalue weighted by Gasteiger charge is -2.07. The number of nitrogens with two attached hydrogens (primary N) is 1. The number of aryl methyl sites for hydroxylation is 3. The van der Waals surface area contributed by atoms with Crippen molar-refractivity contribution < 1.29 is 0 Å². The Balaban J connectivity index is 3.25. The maximum Gasteiger partial charge on any atom is 0.177 e. The van der Waals surface area contributed by atoms with E-state index in [4.69, 9.17) is 5.40 Å². The molecule has 0 bridgehead atoms. The maximum absolute atomic E-state index is 5.63. The van der Waals surface area contributed by atoms with Gasteiger partial charge in [0.15, 0.2) is 9.68 Å². The van der Waals surface area contributed by atoms with Crippen molar-refractivity contribution in [3.05, 3.63) is 28.8 Å². The summed E-state index contributed by atoms with van der Waals surface area (Å²) in [5.41, 5.74) is 3.97. The largest absolute Gasteiger partial charge is 0.349 e. The summed E-state index contributed by atoms with van der Waals surface area (Å²) < 4.78 is 0. The average Bonchev–Trinajstić information content (AvgIpc) is 1.85. The second-order valence-corrected chi connectivity index (χ2v) is 3.71. The fraction of sp³-hybridized carbons (Fsp3) is 0.333. The van der Waals surface area contributed by atoms with Crippen LogP contribution in [0.25, 0.3) is 0 Å². The molecule has 0 aromatic heterocycles. The third-order valence-electron chi connectivity index (χ3n) is 1.82. The lowest BCUT2D eigenvalue weighted by Crippen LogP contribution is -2.28. The molecule has 2 heteroatoms. The molecule has 1 nitrogen and oxygen atoms in total. The lowest BCUT2D eigenvalue weighted by atomic mass is 10.1. The Morgan fingerprint density at radius 1 is 1.09 bits per heavy atom. The summed E-state index contributed by atoms with van der Waals surface area (Å²) in [6.07, 6.45) is 0. The van der Waals surface area contributed by atoms with Gasteiger partial charge in [0, 0.05) is 0 Å². The summed E-state index contributed by atoms with van der Waals surface area (Å²) in [6.45, 7) is 6.35. The van der Waals surface area contributed by atoms with Gasteiger partial charge in [-0.05, 0) is 26.0 Å². The van der Waals surface area contributed by atoms with Crippen LogP contribution < -0.4 is 10.6 Å². The first-order chi connectivity index (χ1) is 5.15. The monoisotopic (exact) mass is 163 g/mol. The molecule has 0 aliphatic heterocycles. The highest BCUT2D eigenvalue weighted by Gasteiger charge is 2.01. The van der Waals surface area contributed by atoms with E-state index in [0.717, 1.165) is 0 Å². The van der Waals surface area contributed by atoms with Crippen LogP contribution in [0.3, 0.4) is 0 Å². The fourth-order valence-corrected chi connectivity index (χ4v) is 2.01. The van der Waals surface area contributed by atoms with Gasteiger partial charge in [0.1, 0.15) is 0 Å². The van der Waals surface area contributed by atoms with Gasteiger partial charge in [-0.2, -0.15) is 0 Å². The van der Waals surface area contributed by atoms with E-state index in [9.17, 15) is 0 Å². The van der Waals surface area contributed by atoms with Gasteiger partial charge in [0.25, 0.3) is 0 Å². The van der Waals surface area contributed by atoms with Crippen LogP contribution >= 0.6 is 0 Å². The van der Waals surface area contributed by atoms with E-state index in [1.807, 2.05) is 0 Å². The molecule has 1 rings (SSSR count). The highest BCUT2D eigenvalue weighted by Crippen LogP contribution is 2.03. The Hall–Kier alpha value is -0.603. The van der Waals surface area contributed by atoms with Crippen molar-refractivity contribution in [3.63, 3.8) is 0 Å². The van der Waals surface area contributed by atoms with Crippen LogP contribution in [0.1, 0.15) is 16.7 Å². The van der Waals surface area contributed by atoms with Crippen molar-refractivity contribution in [1.29, 1.82) is 0 Å². The summed E-state index contributed by atoms with van der Waals surface area (Å²) in [5, 5.41) is 6.94. The van der Waals surface area contributed by atoms with Gasteiger partial charge < -0.3 is 5.40 Å². The maximum atomic E-state index is 5.63. The topological polar surface area (TPSA) is 26.0 Å². The predicted molar refractivity (Wildman–Crippen MR) is 50.2 cm³/mol. The molecule has 0 unspecified atom stereocenters. The molecule has 11 heavy (non-hydrogen) atoms. The minimum absolute atomic E-state index is 0.424. The number of hydrogen-bond acceptors (Lipinski definition) is 1. The summed E-state index contributed by atoms with van der Waals surface area (Å²) in [7, 11) is 0.424. The zero-order chi connectivity index (χ0) is 8.43. The zero-order valence-electron chi connectivity index (χ0n) is 7.23. The molecule has 0 aliphatic rings. The fourth-order valence-electron chi connectivity index (χ4n) is 1.41. The molecule has 0 spiro atoms. The average molecular weight is 163 g/mol. The number of hydrogen-bond donors (Lipinski definition) is 1. The van der Waals surface area contributed by atoms with E-state index in [0.29, 0.717) is 9.68 Å². The SMILES string of the molecule is Cc1cc(C)c([Si]N)c(C)c1. The second-order valence-electron chi connectivity index (χ2n) is 2.92. The molecular formula is C9H13NSi. The van der Waals surface area contributed by atoms with Crippen molar-refractivity contribution in [2.75, 3.05) is 0 Å². The Morgan fingerprint density at radius 3 is 1.91 bits per heavy atom. The van der Waals surface area contributed by atoms with Crippen LogP contribution in [0, 0.1) is 20.8 Å². The molecule has 0 saturated carbocycles. The van der Waals surface area contributed by atoms with Crippen LogP contribution in [0.2, 0.25) is 0 Å². The highest BCUT2D eigenvalue weighted by atomic mass is 28.2. The Kier molecular flexibility index (Phi) is 2.47. The second kappa shape index (κ2) is 3.20. The smallest absolute Gasteiger partial charge is 0.177 e. The van der Waals surface area contributed by atoms with Crippen molar-refractivity contribution in [2.24, 2.45) is 5.40 Å². The van der Waals surface area contributed by atoms with Gasteiger partial charge in [-0.1, -0.05) is 28.8 Å². The quantitative estimate of drug-likeness (QED) is 0.609. The van der Waals surface area contributed by atoms with E-state index >= 15 is 0 Å². The Morgan fingerprint density at radius 2 is 1.55 bits per heavy atom. The molecule has 0 heterocycles. The van der Waals surface area contributed by atoms with Crippen LogP contribution in [0.15, 0.2) is 12.1 Å². The zero-order valence-corrected chi connectivity index (χ0v) is 8.23. The van der Waals surface area contributed by atoms with E-state index in [1.54, 1.807) is 0 Å². The molecule has 58 valence electrons. The van der Waals surface area contributed by atoms with Gasteiger partial charge in [0.05, 0.1) is 0 Å². The Bertz CT molecular complexity index is 245. The van der Waals surface area contributed by atoms with Crippen LogP contribution in [-0.4, -0.2) is 9.68 Å². The molecule has 0 amide bonds. The molecule has 1 aromatic carbocycles. The van der Waals surface area contributed by atoms with Crippen LogP contribution in [0.5, 0.6) is 0 Å². The van der Waals surface area contributed by atoms with Crippen molar-refractivity contribution in [3.8, 4) is 0 Å². The molecule has 0 fully saturated rings. The molecule has 0 aliphatic carbocycles. The minimum atomic E-state index is 0.424. The summed E-state index contributed by atoms with van der Waals surface area (Å²) in [4.78, 5) is 0. The molecule has 1 aromatic rings. The standard InChI is InChI=1S/C9H13NSi/c1-6-4-7(2)9(11-10)8(3)5-6/h4-5H,10H2,1-3H3. The highest BCUT2D eigenvalue weighted by molar-refractivity contribution is 6.51. The predicted octanol–water partition coefficient (Wildman–Crippen LogP) is 0.815. The van der Waals surface area contributed by atoms with E-state index in [1.165, 1.54) is 21.9 Å². The molecule has 2 N–H and O–H groups in total.